The van der Waals surface area contributed by atoms with Gasteiger partial charge in [0, 0.05) is 19.5 Å². The second-order valence-corrected chi connectivity index (χ2v) is 5.09. The van der Waals surface area contributed by atoms with Crippen molar-refractivity contribution in [1.82, 2.24) is 10.5 Å². The van der Waals surface area contributed by atoms with E-state index in [2.05, 4.69) is 10.5 Å². The fourth-order valence-corrected chi connectivity index (χ4v) is 2.07. The minimum absolute atomic E-state index is 0.168. The van der Waals surface area contributed by atoms with E-state index in [-0.39, 0.29) is 30.7 Å². The average Bonchev–Trinajstić information content (AvgIpc) is 2.92. The van der Waals surface area contributed by atoms with Gasteiger partial charge in [-0.3, -0.25) is 14.5 Å². The molecule has 0 spiro atoms. The molecule has 0 atom stereocenters. The van der Waals surface area contributed by atoms with Gasteiger partial charge >= 0.3 is 0 Å². The molecule has 122 valence electrons. The van der Waals surface area contributed by atoms with E-state index in [0.29, 0.717) is 23.6 Å². The molecule has 1 aromatic heterocycles. The van der Waals surface area contributed by atoms with Gasteiger partial charge in [-0.05, 0) is 25.0 Å². The Morgan fingerprint density at radius 3 is 2.70 bits per heavy atom. The van der Waals surface area contributed by atoms with E-state index in [1.54, 1.807) is 31.2 Å². The lowest BCUT2D eigenvalue weighted by Gasteiger charge is -2.17. The summed E-state index contributed by atoms with van der Waals surface area (Å²) in [6.07, 6.45) is 0.377. The first kappa shape index (κ1) is 16.7. The number of carbonyl (C=O) groups excluding carboxylic acids is 2. The van der Waals surface area contributed by atoms with Gasteiger partial charge in [0.1, 0.15) is 18.1 Å². The molecule has 0 saturated carbocycles. The number of nitrogens with one attached hydrogen (secondary N) is 1. The van der Waals surface area contributed by atoms with Crippen LogP contribution in [0.1, 0.15) is 18.2 Å². The zero-order valence-corrected chi connectivity index (χ0v) is 13.0. The molecule has 2 rings (SSSR count). The third-order valence-electron chi connectivity index (χ3n) is 3.25. The Labute approximate surface area is 133 Å². The van der Waals surface area contributed by atoms with Gasteiger partial charge in [-0.1, -0.05) is 23.4 Å². The number of rotatable bonds is 6. The summed E-state index contributed by atoms with van der Waals surface area (Å²) in [6.45, 7) is 3.15. The number of aryl methyl sites for hydroxylation is 1. The Balaban J connectivity index is 1.88. The van der Waals surface area contributed by atoms with Gasteiger partial charge in [0.25, 0.3) is 0 Å². The number of anilines is 1. The molecule has 2 amide bonds. The quantitative estimate of drug-likeness (QED) is 0.881. The van der Waals surface area contributed by atoms with Crippen molar-refractivity contribution in [3.05, 3.63) is 47.5 Å². The first-order valence-corrected chi connectivity index (χ1v) is 7.19. The van der Waals surface area contributed by atoms with Crippen molar-refractivity contribution >= 4 is 17.6 Å². The largest absolute Gasteiger partial charge is 0.360 e. The minimum atomic E-state index is -0.350. The second kappa shape index (κ2) is 7.53. The van der Waals surface area contributed by atoms with Crippen LogP contribution in [0.4, 0.5) is 10.2 Å². The van der Waals surface area contributed by atoms with Crippen LogP contribution in [0.25, 0.3) is 0 Å². The lowest BCUT2D eigenvalue weighted by molar-refractivity contribution is -0.123. The first-order valence-electron chi connectivity index (χ1n) is 7.19. The summed E-state index contributed by atoms with van der Waals surface area (Å²) in [5, 5.41) is 6.39. The van der Waals surface area contributed by atoms with Crippen LogP contribution < -0.4 is 10.2 Å². The summed E-state index contributed by atoms with van der Waals surface area (Å²) in [5.74, 6) is -0.129. The van der Waals surface area contributed by atoms with E-state index in [1.807, 2.05) is 0 Å². The maximum absolute atomic E-state index is 13.5. The van der Waals surface area contributed by atoms with Crippen LogP contribution in [-0.2, 0) is 16.0 Å². The van der Waals surface area contributed by atoms with Crippen molar-refractivity contribution in [3.63, 3.8) is 0 Å². The molecule has 1 aromatic carbocycles. The SMILES string of the molecule is CC(=O)N(CC(=O)NCCc1ccccc1F)c1cc(C)on1. The maximum atomic E-state index is 13.5. The van der Waals surface area contributed by atoms with Crippen LogP contribution in [-0.4, -0.2) is 30.1 Å². The Morgan fingerprint density at radius 2 is 2.09 bits per heavy atom. The van der Waals surface area contributed by atoms with Crippen LogP contribution in [0, 0.1) is 12.7 Å². The summed E-state index contributed by atoms with van der Waals surface area (Å²) < 4.78 is 18.4. The van der Waals surface area contributed by atoms with E-state index >= 15 is 0 Å². The lowest BCUT2D eigenvalue weighted by Crippen LogP contribution is -2.40. The van der Waals surface area contributed by atoms with Crippen LogP contribution in [0.15, 0.2) is 34.9 Å². The van der Waals surface area contributed by atoms with Gasteiger partial charge in [0.2, 0.25) is 11.8 Å². The maximum Gasteiger partial charge on any atom is 0.240 e. The molecule has 0 aliphatic rings. The molecule has 23 heavy (non-hydrogen) atoms. The third kappa shape index (κ3) is 4.64. The topological polar surface area (TPSA) is 75.4 Å². The summed E-state index contributed by atoms with van der Waals surface area (Å²) in [6, 6.07) is 7.98. The Kier molecular flexibility index (Phi) is 5.46. The molecule has 0 bridgehead atoms. The highest BCUT2D eigenvalue weighted by Gasteiger charge is 2.18. The predicted molar refractivity (Wildman–Crippen MR) is 82.4 cm³/mol. The minimum Gasteiger partial charge on any atom is -0.360 e. The van der Waals surface area contributed by atoms with Gasteiger partial charge < -0.3 is 9.84 Å². The van der Waals surface area contributed by atoms with Crippen molar-refractivity contribution in [2.45, 2.75) is 20.3 Å². The second-order valence-electron chi connectivity index (χ2n) is 5.09. The molecule has 7 heteroatoms. The van der Waals surface area contributed by atoms with Gasteiger partial charge in [0.15, 0.2) is 5.82 Å². The van der Waals surface area contributed by atoms with Crippen LogP contribution in [0.3, 0.4) is 0 Å². The van der Waals surface area contributed by atoms with Gasteiger partial charge in [-0.15, -0.1) is 0 Å². The number of hydrogen-bond acceptors (Lipinski definition) is 4. The van der Waals surface area contributed by atoms with Crippen molar-refractivity contribution in [1.29, 1.82) is 0 Å². The van der Waals surface area contributed by atoms with Crippen molar-refractivity contribution in [2.75, 3.05) is 18.0 Å². The molecule has 0 unspecified atom stereocenters. The normalized spacial score (nSPS) is 10.4. The number of benzene rings is 1. The Hall–Kier alpha value is -2.70. The number of nitrogens with zero attached hydrogens (tertiary/aromatic N) is 2. The van der Waals surface area contributed by atoms with Crippen LogP contribution in [0.2, 0.25) is 0 Å². The number of amides is 2. The summed E-state index contributed by atoms with van der Waals surface area (Å²) in [5.41, 5.74) is 0.531. The van der Waals surface area contributed by atoms with Gasteiger partial charge in [0.05, 0.1) is 0 Å². The molecule has 0 radical (unpaired) electrons. The summed E-state index contributed by atoms with van der Waals surface area (Å²) in [4.78, 5) is 24.8. The first-order chi connectivity index (χ1) is 11.0. The Bertz CT molecular complexity index is 699. The molecule has 2 aromatic rings. The van der Waals surface area contributed by atoms with Crippen molar-refractivity contribution in [2.24, 2.45) is 0 Å². The van der Waals surface area contributed by atoms with E-state index in [0.717, 1.165) is 0 Å². The van der Waals surface area contributed by atoms with E-state index in [9.17, 15) is 14.0 Å². The fraction of sp³-hybridized carbons (Fsp3) is 0.312. The highest BCUT2D eigenvalue weighted by atomic mass is 19.1. The number of aromatic nitrogens is 1. The number of hydrogen-bond donors (Lipinski definition) is 1. The summed E-state index contributed by atoms with van der Waals surface area (Å²) in [7, 11) is 0. The van der Waals surface area contributed by atoms with Gasteiger partial charge in [-0.2, -0.15) is 0 Å². The third-order valence-corrected chi connectivity index (χ3v) is 3.25. The monoisotopic (exact) mass is 319 g/mol. The molecule has 0 saturated heterocycles. The van der Waals surface area contributed by atoms with Crippen molar-refractivity contribution in [3.8, 4) is 0 Å². The van der Waals surface area contributed by atoms with Crippen LogP contribution >= 0.6 is 0 Å². The van der Waals surface area contributed by atoms with E-state index in [1.165, 1.54) is 17.9 Å². The number of carbonyl (C=O) groups is 2. The molecule has 0 aliphatic carbocycles. The molecule has 0 aliphatic heterocycles. The molecular formula is C16H18FN3O3. The molecule has 6 nitrogen and oxygen atoms in total. The highest BCUT2D eigenvalue weighted by Crippen LogP contribution is 2.13. The smallest absolute Gasteiger partial charge is 0.240 e. The zero-order valence-electron chi connectivity index (χ0n) is 13.0. The standard InChI is InChI=1S/C16H18FN3O3/c1-11-9-15(19-23-11)20(12(2)21)10-16(22)18-8-7-13-5-3-4-6-14(13)17/h3-6,9H,7-8,10H2,1-2H3,(H,18,22). The molecule has 1 N–H and O–H groups in total. The van der Waals surface area contributed by atoms with E-state index < -0.39 is 0 Å². The van der Waals surface area contributed by atoms with Crippen LogP contribution in [0.5, 0.6) is 0 Å². The van der Waals surface area contributed by atoms with E-state index in [4.69, 9.17) is 4.52 Å². The van der Waals surface area contributed by atoms with Crippen molar-refractivity contribution < 1.29 is 18.5 Å². The summed E-state index contributed by atoms with van der Waals surface area (Å²) >= 11 is 0. The highest BCUT2D eigenvalue weighted by molar-refractivity contribution is 5.96. The zero-order chi connectivity index (χ0) is 16.8. The Morgan fingerprint density at radius 1 is 1.35 bits per heavy atom. The molecule has 1 heterocycles. The van der Waals surface area contributed by atoms with Gasteiger partial charge in [-0.25, -0.2) is 4.39 Å². The predicted octanol–water partition coefficient (Wildman–Crippen LogP) is 1.83. The fourth-order valence-electron chi connectivity index (χ4n) is 2.07. The molecule has 0 fully saturated rings. The average molecular weight is 319 g/mol. The lowest BCUT2D eigenvalue weighted by atomic mass is 10.1. The molecular weight excluding hydrogens is 301 g/mol. The number of halogens is 1.